The van der Waals surface area contributed by atoms with E-state index in [4.69, 9.17) is 5.73 Å². The molecular weight excluding hydrogens is 224 g/mol. The molecule has 2 rings (SSSR count). The number of nitrogens with two attached hydrogens (primary N) is 1. The zero-order valence-electron chi connectivity index (χ0n) is 11.1. The van der Waals surface area contributed by atoms with Crippen molar-refractivity contribution in [2.24, 2.45) is 5.73 Å². The third-order valence-electron chi connectivity index (χ3n) is 3.60. The fourth-order valence-electron chi connectivity index (χ4n) is 2.71. The number of hydrogen-bond acceptors (Lipinski definition) is 2. The first-order valence-electron chi connectivity index (χ1n) is 6.88. The van der Waals surface area contributed by atoms with E-state index in [0.29, 0.717) is 13.0 Å². The SMILES string of the molecule is CCCC(=O)N1c2ccccc2CCCC1CN. The number of aryl methyl sites for hydroxylation is 1. The maximum Gasteiger partial charge on any atom is 0.227 e. The van der Waals surface area contributed by atoms with Crippen LogP contribution in [0.15, 0.2) is 24.3 Å². The summed E-state index contributed by atoms with van der Waals surface area (Å²) in [5.74, 6) is 0.210. The number of carbonyl (C=O) groups is 1. The Morgan fingerprint density at radius 3 is 2.94 bits per heavy atom. The van der Waals surface area contributed by atoms with Gasteiger partial charge in [-0.05, 0) is 37.3 Å². The van der Waals surface area contributed by atoms with Crippen LogP contribution in [0.4, 0.5) is 5.69 Å². The molecule has 1 aliphatic rings. The summed E-state index contributed by atoms with van der Waals surface area (Å²) >= 11 is 0. The molecule has 98 valence electrons. The Morgan fingerprint density at radius 1 is 1.44 bits per heavy atom. The van der Waals surface area contributed by atoms with Gasteiger partial charge >= 0.3 is 0 Å². The van der Waals surface area contributed by atoms with E-state index in [9.17, 15) is 4.79 Å². The summed E-state index contributed by atoms with van der Waals surface area (Å²) in [6, 6.07) is 8.39. The van der Waals surface area contributed by atoms with Crippen LogP contribution in [0.25, 0.3) is 0 Å². The molecule has 1 aromatic carbocycles. The Labute approximate surface area is 109 Å². The van der Waals surface area contributed by atoms with Crippen molar-refractivity contribution in [2.75, 3.05) is 11.4 Å². The van der Waals surface area contributed by atoms with Gasteiger partial charge in [0.15, 0.2) is 0 Å². The Hall–Kier alpha value is -1.35. The van der Waals surface area contributed by atoms with E-state index >= 15 is 0 Å². The number of carbonyl (C=O) groups excluding carboxylic acids is 1. The molecule has 1 aliphatic heterocycles. The highest BCUT2D eigenvalue weighted by Gasteiger charge is 2.27. The van der Waals surface area contributed by atoms with Crippen LogP contribution in [-0.2, 0) is 11.2 Å². The van der Waals surface area contributed by atoms with Gasteiger partial charge in [0.1, 0.15) is 0 Å². The number of benzene rings is 1. The van der Waals surface area contributed by atoms with E-state index in [1.807, 2.05) is 24.0 Å². The molecule has 1 amide bonds. The zero-order valence-corrected chi connectivity index (χ0v) is 11.1. The number of hydrogen-bond donors (Lipinski definition) is 1. The monoisotopic (exact) mass is 246 g/mol. The molecule has 2 N–H and O–H groups in total. The minimum absolute atomic E-state index is 0.160. The molecule has 0 saturated heterocycles. The van der Waals surface area contributed by atoms with Gasteiger partial charge in [0.25, 0.3) is 0 Å². The fourth-order valence-corrected chi connectivity index (χ4v) is 2.71. The quantitative estimate of drug-likeness (QED) is 0.890. The summed E-state index contributed by atoms with van der Waals surface area (Å²) < 4.78 is 0. The average Bonchev–Trinajstić information content (AvgIpc) is 2.57. The Bertz CT molecular complexity index is 417. The second-order valence-corrected chi connectivity index (χ2v) is 4.92. The second kappa shape index (κ2) is 6.01. The van der Waals surface area contributed by atoms with E-state index in [2.05, 4.69) is 12.1 Å². The molecule has 0 saturated carbocycles. The summed E-state index contributed by atoms with van der Waals surface area (Å²) in [4.78, 5) is 14.3. The number of para-hydroxylation sites is 1. The molecule has 0 fully saturated rings. The van der Waals surface area contributed by atoms with Crippen LogP contribution in [0.2, 0.25) is 0 Å². The molecule has 0 radical (unpaired) electrons. The van der Waals surface area contributed by atoms with Gasteiger partial charge in [0, 0.05) is 24.7 Å². The minimum Gasteiger partial charge on any atom is -0.328 e. The lowest BCUT2D eigenvalue weighted by Crippen LogP contribution is -2.44. The first-order valence-corrected chi connectivity index (χ1v) is 6.88. The average molecular weight is 246 g/mol. The van der Waals surface area contributed by atoms with Crippen molar-refractivity contribution >= 4 is 11.6 Å². The van der Waals surface area contributed by atoms with Gasteiger partial charge < -0.3 is 10.6 Å². The third-order valence-corrected chi connectivity index (χ3v) is 3.60. The minimum atomic E-state index is 0.160. The highest BCUT2D eigenvalue weighted by molar-refractivity contribution is 5.94. The van der Waals surface area contributed by atoms with E-state index in [1.165, 1.54) is 5.56 Å². The lowest BCUT2D eigenvalue weighted by Gasteiger charge is -2.30. The molecule has 1 unspecified atom stereocenters. The summed E-state index contributed by atoms with van der Waals surface area (Å²) in [6.45, 7) is 2.59. The lowest BCUT2D eigenvalue weighted by atomic mass is 10.1. The van der Waals surface area contributed by atoms with Gasteiger partial charge in [-0.1, -0.05) is 25.1 Å². The first-order chi connectivity index (χ1) is 8.77. The van der Waals surface area contributed by atoms with Gasteiger partial charge in [0.05, 0.1) is 0 Å². The van der Waals surface area contributed by atoms with Crippen LogP contribution in [0, 0.1) is 0 Å². The third kappa shape index (κ3) is 2.56. The fraction of sp³-hybridized carbons (Fsp3) is 0.533. The highest BCUT2D eigenvalue weighted by Crippen LogP contribution is 2.29. The highest BCUT2D eigenvalue weighted by atomic mass is 16.2. The maximum absolute atomic E-state index is 12.4. The molecule has 0 spiro atoms. The van der Waals surface area contributed by atoms with Gasteiger partial charge in [0.2, 0.25) is 5.91 Å². The molecule has 1 atom stereocenters. The topological polar surface area (TPSA) is 46.3 Å². The predicted octanol–water partition coefficient (Wildman–Crippen LogP) is 2.48. The molecule has 0 aromatic heterocycles. The van der Waals surface area contributed by atoms with Crippen molar-refractivity contribution in [3.8, 4) is 0 Å². The van der Waals surface area contributed by atoms with Crippen LogP contribution in [0.5, 0.6) is 0 Å². The van der Waals surface area contributed by atoms with E-state index in [-0.39, 0.29) is 11.9 Å². The molecule has 0 bridgehead atoms. The summed E-state index contributed by atoms with van der Waals surface area (Å²) in [5.41, 5.74) is 8.21. The molecular formula is C15H22N2O. The molecule has 1 aromatic rings. The van der Waals surface area contributed by atoms with Crippen LogP contribution >= 0.6 is 0 Å². The number of amides is 1. The standard InChI is InChI=1S/C15H22N2O/c1-2-6-15(18)17-13(11-16)9-5-8-12-7-3-4-10-14(12)17/h3-4,7,10,13H,2,5-6,8-9,11,16H2,1H3. The van der Waals surface area contributed by atoms with Crippen LogP contribution < -0.4 is 10.6 Å². The zero-order chi connectivity index (χ0) is 13.0. The van der Waals surface area contributed by atoms with Crippen molar-refractivity contribution in [1.82, 2.24) is 0 Å². The lowest BCUT2D eigenvalue weighted by molar-refractivity contribution is -0.119. The largest absolute Gasteiger partial charge is 0.328 e. The van der Waals surface area contributed by atoms with E-state index in [1.54, 1.807) is 0 Å². The van der Waals surface area contributed by atoms with Gasteiger partial charge in [-0.3, -0.25) is 4.79 Å². The van der Waals surface area contributed by atoms with Crippen LogP contribution in [0.1, 0.15) is 38.2 Å². The second-order valence-electron chi connectivity index (χ2n) is 4.92. The van der Waals surface area contributed by atoms with Crippen molar-refractivity contribution in [2.45, 2.75) is 45.1 Å². The molecule has 3 heteroatoms. The molecule has 1 heterocycles. The maximum atomic E-state index is 12.4. The Kier molecular flexibility index (Phi) is 4.37. The molecule has 18 heavy (non-hydrogen) atoms. The normalized spacial score (nSPS) is 19.2. The van der Waals surface area contributed by atoms with Crippen LogP contribution in [0.3, 0.4) is 0 Å². The van der Waals surface area contributed by atoms with Crippen LogP contribution in [-0.4, -0.2) is 18.5 Å². The number of anilines is 1. The van der Waals surface area contributed by atoms with Crippen molar-refractivity contribution in [3.05, 3.63) is 29.8 Å². The Balaban J connectivity index is 2.38. The van der Waals surface area contributed by atoms with Gasteiger partial charge in [-0.25, -0.2) is 0 Å². The van der Waals surface area contributed by atoms with E-state index in [0.717, 1.165) is 31.4 Å². The first kappa shape index (κ1) is 13.1. The molecule has 3 nitrogen and oxygen atoms in total. The number of rotatable bonds is 3. The summed E-state index contributed by atoms with van der Waals surface area (Å²) in [5, 5.41) is 0. The molecule has 0 aliphatic carbocycles. The van der Waals surface area contributed by atoms with Gasteiger partial charge in [-0.15, -0.1) is 0 Å². The number of fused-ring (bicyclic) bond motifs is 1. The number of nitrogens with zero attached hydrogens (tertiary/aromatic N) is 1. The smallest absolute Gasteiger partial charge is 0.227 e. The predicted molar refractivity (Wildman–Crippen MR) is 74.6 cm³/mol. The van der Waals surface area contributed by atoms with Crippen molar-refractivity contribution in [1.29, 1.82) is 0 Å². The van der Waals surface area contributed by atoms with Gasteiger partial charge in [-0.2, -0.15) is 0 Å². The van der Waals surface area contributed by atoms with Crippen molar-refractivity contribution in [3.63, 3.8) is 0 Å². The Morgan fingerprint density at radius 2 is 2.22 bits per heavy atom. The summed E-state index contributed by atoms with van der Waals surface area (Å²) in [7, 11) is 0. The van der Waals surface area contributed by atoms with Crippen molar-refractivity contribution < 1.29 is 4.79 Å². The van der Waals surface area contributed by atoms with E-state index < -0.39 is 0 Å². The summed E-state index contributed by atoms with van der Waals surface area (Å²) in [6.07, 6.45) is 4.64.